The predicted octanol–water partition coefficient (Wildman–Crippen LogP) is 5.20. The van der Waals surface area contributed by atoms with Crippen LogP contribution in [0.5, 0.6) is 0 Å². The van der Waals surface area contributed by atoms with Crippen molar-refractivity contribution in [2.24, 2.45) is 0 Å². The molecule has 0 aromatic carbocycles. The molecule has 1 unspecified atom stereocenters. The van der Waals surface area contributed by atoms with Gasteiger partial charge in [-0.1, -0.05) is 31.2 Å². The molecular formula is C21H40N2O2. The zero-order valence-electron chi connectivity index (χ0n) is 17.5. The van der Waals surface area contributed by atoms with Crippen molar-refractivity contribution in [2.75, 3.05) is 14.1 Å². The molecule has 0 aliphatic carbocycles. The van der Waals surface area contributed by atoms with Gasteiger partial charge in [-0.2, -0.15) is 0 Å². The Morgan fingerprint density at radius 1 is 0.880 bits per heavy atom. The van der Waals surface area contributed by atoms with E-state index in [9.17, 15) is 9.59 Å². The lowest BCUT2D eigenvalue weighted by Crippen LogP contribution is -2.47. The molecular weight excluding hydrogens is 312 g/mol. The molecule has 25 heavy (non-hydrogen) atoms. The number of nitrogens with zero attached hydrogens (tertiary/aromatic N) is 2. The van der Waals surface area contributed by atoms with Crippen LogP contribution in [0.25, 0.3) is 0 Å². The fourth-order valence-electron chi connectivity index (χ4n) is 1.70. The summed E-state index contributed by atoms with van der Waals surface area (Å²) in [5.74, 6) is -0.0731. The molecule has 1 heterocycles. The van der Waals surface area contributed by atoms with Gasteiger partial charge in [0.15, 0.2) is 0 Å². The lowest BCUT2D eigenvalue weighted by molar-refractivity contribution is -0.144. The molecule has 0 N–H and O–H groups in total. The third kappa shape index (κ3) is 20.0. The minimum absolute atomic E-state index is 0.0365. The Morgan fingerprint density at radius 3 is 1.28 bits per heavy atom. The number of carbonyl (C=O) groups is 2. The summed E-state index contributed by atoms with van der Waals surface area (Å²) in [6.07, 6.45) is 8.47. The molecule has 146 valence electrons. The van der Waals surface area contributed by atoms with Crippen LogP contribution in [-0.4, -0.2) is 41.9 Å². The van der Waals surface area contributed by atoms with E-state index < -0.39 is 0 Å². The maximum absolute atomic E-state index is 11.4. The van der Waals surface area contributed by atoms with Crippen LogP contribution < -0.4 is 0 Å². The Balaban J connectivity index is -0.000000152. The SMILES string of the molecule is C=CC.C=CC.C=CC.C=CC.CCC(N(C)C)N1C(=O)CCC1=O. The Hall–Kier alpha value is -1.94. The zero-order valence-corrected chi connectivity index (χ0v) is 17.5. The minimum Gasteiger partial charge on any atom is -0.289 e. The highest BCUT2D eigenvalue weighted by Crippen LogP contribution is 2.18. The monoisotopic (exact) mass is 352 g/mol. The second-order valence-electron chi connectivity index (χ2n) is 5.14. The summed E-state index contributed by atoms with van der Waals surface area (Å²) < 4.78 is 0. The van der Waals surface area contributed by atoms with E-state index in [1.54, 1.807) is 24.3 Å². The van der Waals surface area contributed by atoms with Crippen LogP contribution >= 0.6 is 0 Å². The topological polar surface area (TPSA) is 40.6 Å². The first-order chi connectivity index (χ1) is 11.7. The Bertz CT molecular complexity index is 334. The Morgan fingerprint density at radius 2 is 1.12 bits per heavy atom. The number of hydrogen-bond acceptors (Lipinski definition) is 3. The summed E-state index contributed by atoms with van der Waals surface area (Å²) in [5.41, 5.74) is 0. The average molecular weight is 353 g/mol. The van der Waals surface area contributed by atoms with Crippen LogP contribution in [0.15, 0.2) is 50.6 Å². The van der Waals surface area contributed by atoms with Gasteiger partial charge in [0.05, 0.1) is 6.17 Å². The summed E-state index contributed by atoms with van der Waals surface area (Å²) in [6, 6.07) is 0. The van der Waals surface area contributed by atoms with E-state index in [1.807, 2.05) is 53.6 Å². The van der Waals surface area contributed by atoms with Crippen LogP contribution in [0.4, 0.5) is 0 Å². The van der Waals surface area contributed by atoms with E-state index in [0.717, 1.165) is 6.42 Å². The van der Waals surface area contributed by atoms with Gasteiger partial charge in [-0.15, -0.1) is 26.3 Å². The van der Waals surface area contributed by atoms with E-state index in [4.69, 9.17) is 0 Å². The van der Waals surface area contributed by atoms with Crippen LogP contribution in [0, 0.1) is 0 Å². The molecule has 1 aliphatic rings. The van der Waals surface area contributed by atoms with Gasteiger partial charge in [0.2, 0.25) is 11.8 Å². The molecule has 2 amide bonds. The maximum Gasteiger partial charge on any atom is 0.231 e. The van der Waals surface area contributed by atoms with E-state index in [1.165, 1.54) is 4.90 Å². The first-order valence-electron chi connectivity index (χ1n) is 8.53. The molecule has 4 nitrogen and oxygen atoms in total. The summed E-state index contributed by atoms with van der Waals surface area (Å²) >= 11 is 0. The van der Waals surface area contributed by atoms with Gasteiger partial charge in [0, 0.05) is 12.8 Å². The lowest BCUT2D eigenvalue weighted by Gasteiger charge is -2.30. The van der Waals surface area contributed by atoms with Gasteiger partial charge in [-0.25, -0.2) is 0 Å². The first-order valence-corrected chi connectivity index (χ1v) is 8.53. The van der Waals surface area contributed by atoms with Gasteiger partial charge < -0.3 is 0 Å². The molecule has 0 aromatic rings. The van der Waals surface area contributed by atoms with Crippen molar-refractivity contribution in [2.45, 2.75) is 60.0 Å². The second kappa shape index (κ2) is 24.3. The standard InChI is InChI=1S/C9H16N2O2.4C3H6/c1-4-7(10(2)3)11-8(12)5-6-9(11)13;4*1-3-2/h7H,4-6H2,1-3H3;4*3H,1H2,2H3. The molecule has 0 aromatic heterocycles. The Kier molecular flexibility index (Phi) is 30.0. The summed E-state index contributed by atoms with van der Waals surface area (Å²) in [5, 5.41) is 0. The van der Waals surface area contributed by atoms with Gasteiger partial charge in [-0.3, -0.25) is 19.4 Å². The van der Waals surface area contributed by atoms with Crippen LogP contribution in [0.3, 0.4) is 0 Å². The number of likely N-dealkylation sites (tertiary alicyclic amines) is 1. The quantitative estimate of drug-likeness (QED) is 0.517. The average Bonchev–Trinajstić information content (AvgIpc) is 2.83. The van der Waals surface area contributed by atoms with Gasteiger partial charge in [-0.05, 0) is 48.2 Å². The normalized spacial score (nSPS) is 12.6. The molecule has 4 heteroatoms. The molecule has 0 bridgehead atoms. The van der Waals surface area contributed by atoms with Gasteiger partial charge in [0.1, 0.15) is 0 Å². The van der Waals surface area contributed by atoms with Crippen molar-refractivity contribution in [3.8, 4) is 0 Å². The number of rotatable bonds is 3. The molecule has 0 radical (unpaired) electrons. The smallest absolute Gasteiger partial charge is 0.231 e. The highest BCUT2D eigenvalue weighted by atomic mass is 16.2. The number of imide groups is 1. The summed E-state index contributed by atoms with van der Waals surface area (Å²) in [6.45, 7) is 23.0. The largest absolute Gasteiger partial charge is 0.289 e. The van der Waals surface area contributed by atoms with E-state index in [-0.39, 0.29) is 18.0 Å². The molecule has 0 spiro atoms. The Labute approximate surface area is 156 Å². The van der Waals surface area contributed by atoms with Crippen molar-refractivity contribution in [1.29, 1.82) is 0 Å². The van der Waals surface area contributed by atoms with Crippen molar-refractivity contribution in [1.82, 2.24) is 9.80 Å². The number of allylic oxidation sites excluding steroid dienone is 4. The van der Waals surface area contributed by atoms with Crippen molar-refractivity contribution in [3.05, 3.63) is 50.6 Å². The van der Waals surface area contributed by atoms with E-state index in [2.05, 4.69) is 26.3 Å². The molecule has 1 saturated heterocycles. The maximum atomic E-state index is 11.4. The molecule has 0 saturated carbocycles. The van der Waals surface area contributed by atoms with Crippen molar-refractivity contribution in [3.63, 3.8) is 0 Å². The molecule has 1 atom stereocenters. The van der Waals surface area contributed by atoms with E-state index >= 15 is 0 Å². The van der Waals surface area contributed by atoms with Crippen LogP contribution in [0.2, 0.25) is 0 Å². The van der Waals surface area contributed by atoms with E-state index in [0.29, 0.717) is 12.8 Å². The predicted molar refractivity (Wildman–Crippen MR) is 112 cm³/mol. The minimum atomic E-state index is -0.0671. The van der Waals surface area contributed by atoms with Crippen molar-refractivity contribution < 1.29 is 9.59 Å². The number of carbonyl (C=O) groups excluding carboxylic acids is 2. The second-order valence-corrected chi connectivity index (χ2v) is 5.14. The van der Waals surface area contributed by atoms with Crippen molar-refractivity contribution >= 4 is 11.8 Å². The fraction of sp³-hybridized carbons (Fsp3) is 0.524. The highest BCUT2D eigenvalue weighted by molar-refractivity contribution is 6.02. The summed E-state index contributed by atoms with van der Waals surface area (Å²) in [4.78, 5) is 26.0. The lowest BCUT2D eigenvalue weighted by atomic mass is 10.3. The third-order valence-electron chi connectivity index (χ3n) is 2.35. The summed E-state index contributed by atoms with van der Waals surface area (Å²) in [7, 11) is 3.76. The molecule has 1 rings (SSSR count). The highest BCUT2D eigenvalue weighted by Gasteiger charge is 2.34. The molecule has 1 fully saturated rings. The fourth-order valence-corrected chi connectivity index (χ4v) is 1.70. The third-order valence-corrected chi connectivity index (χ3v) is 2.35. The number of amides is 2. The molecule has 1 aliphatic heterocycles. The van der Waals surface area contributed by atoms with Gasteiger partial charge in [0.25, 0.3) is 0 Å². The van der Waals surface area contributed by atoms with Crippen LogP contribution in [-0.2, 0) is 9.59 Å². The number of hydrogen-bond donors (Lipinski definition) is 0. The van der Waals surface area contributed by atoms with Crippen LogP contribution in [0.1, 0.15) is 53.9 Å². The van der Waals surface area contributed by atoms with Gasteiger partial charge >= 0.3 is 0 Å². The zero-order chi connectivity index (χ0) is 20.8. The first kappa shape index (κ1) is 30.9.